The number of nitrogens with one attached hydrogen (secondary N) is 1. The summed E-state index contributed by atoms with van der Waals surface area (Å²) in [6, 6.07) is 7.77. The van der Waals surface area contributed by atoms with Gasteiger partial charge in [0.15, 0.2) is 0 Å². The van der Waals surface area contributed by atoms with Crippen LogP contribution >= 0.6 is 0 Å². The number of aromatic nitrogens is 2. The topological polar surface area (TPSA) is 96.8 Å². The van der Waals surface area contributed by atoms with Gasteiger partial charge in [-0.05, 0) is 68.2 Å². The number of hydrogen-bond donors (Lipinski definition) is 2. The van der Waals surface area contributed by atoms with Crippen LogP contribution in [0.4, 0.5) is 11.8 Å². The van der Waals surface area contributed by atoms with Crippen molar-refractivity contribution in [3.8, 4) is 5.75 Å². The highest BCUT2D eigenvalue weighted by Gasteiger charge is 2.27. The second kappa shape index (κ2) is 10.1. The van der Waals surface area contributed by atoms with Gasteiger partial charge in [0, 0.05) is 44.0 Å². The lowest BCUT2D eigenvalue weighted by atomic mass is 9.93. The summed E-state index contributed by atoms with van der Waals surface area (Å²) in [5.41, 5.74) is 1.76. The number of hydrogen-bond acceptors (Lipinski definition) is 7. The van der Waals surface area contributed by atoms with Crippen LogP contribution in [-0.2, 0) is 11.2 Å². The second-order valence-electron chi connectivity index (χ2n) is 9.28. The first-order valence-corrected chi connectivity index (χ1v) is 12.1. The van der Waals surface area contributed by atoms with Crippen LogP contribution in [0, 0.1) is 5.92 Å². The van der Waals surface area contributed by atoms with E-state index in [1.54, 1.807) is 17.2 Å². The van der Waals surface area contributed by atoms with Gasteiger partial charge in [0.2, 0.25) is 5.95 Å². The number of rotatable bonds is 6. The molecule has 2 N–H and O–H groups in total. The number of benzene rings is 1. The first kappa shape index (κ1) is 22.1. The van der Waals surface area contributed by atoms with E-state index in [9.17, 15) is 9.90 Å². The summed E-state index contributed by atoms with van der Waals surface area (Å²) in [6.45, 7) is 2.71. The summed E-state index contributed by atoms with van der Waals surface area (Å²) in [7, 11) is 0. The Balaban J connectivity index is 1.38. The average Bonchev–Trinajstić information content (AvgIpc) is 3.32. The molecule has 0 atom stereocenters. The van der Waals surface area contributed by atoms with Gasteiger partial charge in [-0.3, -0.25) is 9.69 Å². The van der Waals surface area contributed by atoms with Crippen molar-refractivity contribution in [2.24, 2.45) is 5.92 Å². The van der Waals surface area contributed by atoms with Crippen molar-refractivity contribution in [2.45, 2.75) is 57.1 Å². The number of carbonyl (C=O) groups excluding carboxylic acids is 1. The molecule has 3 heterocycles. The van der Waals surface area contributed by atoms with Crippen molar-refractivity contribution >= 4 is 17.7 Å². The van der Waals surface area contributed by atoms with Gasteiger partial charge in [0.1, 0.15) is 11.6 Å². The molecule has 1 saturated heterocycles. The van der Waals surface area contributed by atoms with Crippen molar-refractivity contribution in [1.29, 1.82) is 0 Å². The molecule has 2 aromatic rings. The molecule has 5 rings (SSSR count). The molecule has 0 radical (unpaired) electrons. The minimum absolute atomic E-state index is 0.0785. The number of anilines is 2. The van der Waals surface area contributed by atoms with Crippen molar-refractivity contribution in [3.63, 3.8) is 0 Å². The number of fused-ring (bicyclic) bond motifs is 1. The summed E-state index contributed by atoms with van der Waals surface area (Å²) in [5.74, 6) is 2.21. The molecule has 176 valence electrons. The highest BCUT2D eigenvalue weighted by atomic mass is 16.5. The Morgan fingerprint density at radius 3 is 2.73 bits per heavy atom. The van der Waals surface area contributed by atoms with Gasteiger partial charge in [-0.25, -0.2) is 4.98 Å². The summed E-state index contributed by atoms with van der Waals surface area (Å²) in [5, 5.41) is 13.2. The quantitative estimate of drug-likeness (QED) is 0.695. The molecule has 1 aliphatic carbocycles. The predicted molar refractivity (Wildman–Crippen MR) is 125 cm³/mol. The molecule has 0 unspecified atom stereocenters. The molecule has 33 heavy (non-hydrogen) atoms. The number of ether oxygens (including phenoxy) is 2. The second-order valence-corrected chi connectivity index (χ2v) is 9.28. The van der Waals surface area contributed by atoms with E-state index in [2.05, 4.69) is 10.3 Å². The fraction of sp³-hybridized carbons (Fsp3) is 0.560. The zero-order valence-electron chi connectivity index (χ0n) is 18.9. The Morgan fingerprint density at radius 2 is 1.91 bits per heavy atom. The van der Waals surface area contributed by atoms with Gasteiger partial charge in [0.05, 0.1) is 12.7 Å². The molecular formula is C25H32N4O4. The van der Waals surface area contributed by atoms with Crippen molar-refractivity contribution in [1.82, 2.24) is 9.97 Å². The third-order valence-corrected chi connectivity index (χ3v) is 6.92. The molecule has 1 amide bonds. The Kier molecular flexibility index (Phi) is 6.73. The Hall–Kier alpha value is -2.71. The summed E-state index contributed by atoms with van der Waals surface area (Å²) >= 11 is 0. The molecule has 1 aromatic heterocycles. The zero-order chi connectivity index (χ0) is 22.6. The number of carbonyl (C=O) groups is 1. The molecule has 2 aliphatic heterocycles. The maximum atomic E-state index is 13.7. The summed E-state index contributed by atoms with van der Waals surface area (Å²) in [6.07, 6.45) is 7.57. The maximum Gasteiger partial charge on any atom is 0.259 e. The van der Waals surface area contributed by atoms with E-state index < -0.39 is 0 Å². The zero-order valence-corrected chi connectivity index (χ0v) is 18.9. The van der Waals surface area contributed by atoms with E-state index in [1.165, 1.54) is 0 Å². The van der Waals surface area contributed by atoms with Crippen LogP contribution in [0.2, 0.25) is 0 Å². The minimum Gasteiger partial charge on any atom is -0.493 e. The van der Waals surface area contributed by atoms with Gasteiger partial charge in [-0.15, -0.1) is 0 Å². The largest absolute Gasteiger partial charge is 0.493 e. The molecule has 0 spiro atoms. The summed E-state index contributed by atoms with van der Waals surface area (Å²) < 4.78 is 11.2. The van der Waals surface area contributed by atoms with Gasteiger partial charge in [-0.1, -0.05) is 6.07 Å². The monoisotopic (exact) mass is 452 g/mol. The van der Waals surface area contributed by atoms with Crippen LogP contribution in [0.25, 0.3) is 0 Å². The minimum atomic E-state index is -0.209. The number of amides is 1. The van der Waals surface area contributed by atoms with E-state index in [-0.39, 0.29) is 18.1 Å². The normalized spacial score (nSPS) is 22.9. The Labute approximate surface area is 194 Å². The predicted octanol–water partition coefficient (Wildman–Crippen LogP) is 3.20. The Morgan fingerprint density at radius 1 is 1.09 bits per heavy atom. The first-order chi connectivity index (χ1) is 16.2. The molecule has 1 saturated carbocycles. The van der Waals surface area contributed by atoms with Gasteiger partial charge >= 0.3 is 0 Å². The number of aliphatic hydroxyl groups excluding tert-OH is 1. The van der Waals surface area contributed by atoms with Gasteiger partial charge < -0.3 is 19.9 Å². The van der Waals surface area contributed by atoms with E-state index in [0.29, 0.717) is 36.4 Å². The molecule has 1 aromatic carbocycles. The highest BCUT2D eigenvalue weighted by Crippen LogP contribution is 2.29. The standard InChI is InChI=1S/C25H32N4O4/c30-21-5-3-20(4-6-21)27-25-26-11-7-23(28-25)29(16-17-8-12-32-13-9-17)24(31)19-2-1-18-10-14-33-22(18)15-19/h1-2,7,11,15,17,20-21,30H,3-6,8-10,12-14,16H2,(H,26,27,28). The van der Waals surface area contributed by atoms with Crippen LogP contribution in [0.1, 0.15) is 54.4 Å². The molecule has 2 fully saturated rings. The fourth-order valence-corrected chi connectivity index (χ4v) is 4.89. The molecule has 0 bridgehead atoms. The molecule has 8 nitrogen and oxygen atoms in total. The lowest BCUT2D eigenvalue weighted by molar-refractivity contribution is 0.0668. The highest BCUT2D eigenvalue weighted by molar-refractivity contribution is 6.06. The van der Waals surface area contributed by atoms with Crippen LogP contribution in [-0.4, -0.2) is 59.5 Å². The van der Waals surface area contributed by atoms with Crippen molar-refractivity contribution < 1.29 is 19.4 Å². The number of aliphatic hydroxyl groups is 1. The summed E-state index contributed by atoms with van der Waals surface area (Å²) in [4.78, 5) is 24.6. The van der Waals surface area contributed by atoms with E-state index >= 15 is 0 Å². The van der Waals surface area contributed by atoms with Gasteiger partial charge in [-0.2, -0.15) is 4.98 Å². The lowest BCUT2D eigenvalue weighted by Crippen LogP contribution is -2.38. The lowest BCUT2D eigenvalue weighted by Gasteiger charge is -2.30. The van der Waals surface area contributed by atoms with E-state index in [0.717, 1.165) is 69.5 Å². The van der Waals surface area contributed by atoms with Crippen molar-refractivity contribution in [3.05, 3.63) is 41.6 Å². The SMILES string of the molecule is O=C(c1ccc2c(c1)OCC2)N(CC1CCOCC1)c1ccnc(NC2CCC(O)CC2)n1. The van der Waals surface area contributed by atoms with Gasteiger partial charge in [0.25, 0.3) is 5.91 Å². The fourth-order valence-electron chi connectivity index (χ4n) is 4.89. The molecule has 3 aliphatic rings. The maximum absolute atomic E-state index is 13.7. The van der Waals surface area contributed by atoms with E-state index in [4.69, 9.17) is 14.5 Å². The van der Waals surface area contributed by atoms with Crippen LogP contribution < -0.4 is 15.0 Å². The smallest absolute Gasteiger partial charge is 0.259 e. The molecule has 8 heteroatoms. The Bertz CT molecular complexity index is 971. The third kappa shape index (κ3) is 5.28. The van der Waals surface area contributed by atoms with E-state index in [1.807, 2.05) is 18.2 Å². The third-order valence-electron chi connectivity index (χ3n) is 6.92. The first-order valence-electron chi connectivity index (χ1n) is 12.1. The average molecular weight is 453 g/mol. The number of nitrogens with zero attached hydrogens (tertiary/aromatic N) is 3. The van der Waals surface area contributed by atoms with Crippen LogP contribution in [0.3, 0.4) is 0 Å². The van der Waals surface area contributed by atoms with Crippen molar-refractivity contribution in [2.75, 3.05) is 36.6 Å². The molecular weight excluding hydrogens is 420 g/mol. The van der Waals surface area contributed by atoms with Crippen LogP contribution in [0.5, 0.6) is 5.75 Å². The van der Waals surface area contributed by atoms with Crippen LogP contribution in [0.15, 0.2) is 30.5 Å².